The van der Waals surface area contributed by atoms with Crippen molar-refractivity contribution in [1.29, 1.82) is 5.41 Å². The first-order valence-corrected chi connectivity index (χ1v) is 13.1. The smallest absolute Gasteiger partial charge is 0.408 e. The van der Waals surface area contributed by atoms with E-state index >= 15 is 0 Å². The zero-order chi connectivity index (χ0) is 25.1. The third-order valence-corrected chi connectivity index (χ3v) is 8.13. The molecule has 4 aliphatic carbocycles. The van der Waals surface area contributed by atoms with Gasteiger partial charge in [0.2, 0.25) is 5.91 Å². The van der Waals surface area contributed by atoms with Crippen molar-refractivity contribution in [3.63, 3.8) is 0 Å². The van der Waals surface area contributed by atoms with Crippen LogP contribution in [-0.4, -0.2) is 36.0 Å². The maximum atomic E-state index is 13.2. The normalized spacial score (nSPS) is 26.7. The molecular formula is C29H36N4O3. The second-order valence-electron chi connectivity index (χ2n) is 11.0. The number of carbonyl (C=O) groups excluding carboxylic acids is 2. The van der Waals surface area contributed by atoms with Crippen molar-refractivity contribution in [2.24, 2.45) is 23.5 Å². The summed E-state index contributed by atoms with van der Waals surface area (Å²) in [4.78, 5) is 26.3. The van der Waals surface area contributed by atoms with E-state index in [1.807, 2.05) is 42.5 Å². The van der Waals surface area contributed by atoms with Gasteiger partial charge in [0.15, 0.2) is 0 Å². The summed E-state index contributed by atoms with van der Waals surface area (Å²) in [5.41, 5.74) is 7.83. The Kier molecular flexibility index (Phi) is 6.99. The topological polar surface area (TPSA) is 117 Å². The quantitative estimate of drug-likeness (QED) is 0.316. The van der Waals surface area contributed by atoms with Crippen molar-refractivity contribution in [2.75, 3.05) is 6.54 Å². The molecule has 4 bridgehead atoms. The molecule has 0 spiro atoms. The molecule has 0 aromatic heterocycles. The minimum atomic E-state index is -0.788. The van der Waals surface area contributed by atoms with Gasteiger partial charge in [-0.2, -0.15) is 0 Å². The molecule has 2 aromatic carbocycles. The van der Waals surface area contributed by atoms with Gasteiger partial charge in [0, 0.05) is 18.5 Å². The van der Waals surface area contributed by atoms with Crippen LogP contribution in [0.1, 0.15) is 55.2 Å². The number of ether oxygens (including phenoxy) is 1. The van der Waals surface area contributed by atoms with E-state index in [1.54, 1.807) is 12.1 Å². The highest BCUT2D eigenvalue weighted by Crippen LogP contribution is 2.57. The average molecular weight is 489 g/mol. The van der Waals surface area contributed by atoms with E-state index in [0.29, 0.717) is 36.3 Å². The minimum Gasteiger partial charge on any atom is -0.443 e. The molecule has 1 atom stereocenters. The molecule has 190 valence electrons. The van der Waals surface area contributed by atoms with E-state index in [1.165, 1.54) is 19.3 Å². The summed E-state index contributed by atoms with van der Waals surface area (Å²) in [6.07, 6.45) is 7.12. The number of carbonyl (C=O) groups is 2. The van der Waals surface area contributed by atoms with Crippen LogP contribution >= 0.6 is 0 Å². The number of amides is 2. The van der Waals surface area contributed by atoms with Crippen molar-refractivity contribution in [1.82, 2.24) is 10.6 Å². The predicted molar refractivity (Wildman–Crippen MR) is 139 cm³/mol. The number of nitrogens with two attached hydrogens (primary N) is 1. The Labute approximate surface area is 212 Å². The fraction of sp³-hybridized carbons (Fsp3) is 0.483. The average Bonchev–Trinajstić information content (AvgIpc) is 2.83. The van der Waals surface area contributed by atoms with Gasteiger partial charge >= 0.3 is 6.09 Å². The Morgan fingerprint density at radius 1 is 0.972 bits per heavy atom. The van der Waals surface area contributed by atoms with Gasteiger partial charge in [0.1, 0.15) is 17.5 Å². The maximum absolute atomic E-state index is 13.2. The lowest BCUT2D eigenvalue weighted by atomic mass is 9.54. The molecule has 4 saturated carbocycles. The SMILES string of the molecule is N=C(N)c1cccc(CC(NC(=O)OC23CC4CC(CC(C4)C2)C3)C(=O)NCCc2ccccc2)c1. The molecule has 4 fully saturated rings. The lowest BCUT2D eigenvalue weighted by Crippen LogP contribution is -2.55. The van der Waals surface area contributed by atoms with Crippen LogP contribution in [0, 0.1) is 23.2 Å². The summed E-state index contributed by atoms with van der Waals surface area (Å²) >= 11 is 0. The predicted octanol–water partition coefficient (Wildman–Crippen LogP) is 3.94. The molecule has 36 heavy (non-hydrogen) atoms. The molecule has 0 radical (unpaired) electrons. The van der Waals surface area contributed by atoms with Gasteiger partial charge in [-0.15, -0.1) is 0 Å². The van der Waals surface area contributed by atoms with Crippen LogP contribution in [0.4, 0.5) is 4.79 Å². The molecule has 2 amide bonds. The molecule has 6 rings (SSSR count). The van der Waals surface area contributed by atoms with Crippen molar-refractivity contribution in [3.05, 3.63) is 71.3 Å². The van der Waals surface area contributed by atoms with Gasteiger partial charge in [0.25, 0.3) is 0 Å². The molecule has 7 nitrogen and oxygen atoms in total. The number of hydrogen-bond donors (Lipinski definition) is 4. The van der Waals surface area contributed by atoms with Crippen molar-refractivity contribution in [3.8, 4) is 0 Å². The number of nitrogens with one attached hydrogen (secondary N) is 3. The van der Waals surface area contributed by atoms with Crippen LogP contribution in [0.15, 0.2) is 54.6 Å². The fourth-order valence-corrected chi connectivity index (χ4v) is 6.93. The Morgan fingerprint density at radius 2 is 1.61 bits per heavy atom. The first-order valence-electron chi connectivity index (χ1n) is 13.1. The van der Waals surface area contributed by atoms with E-state index in [2.05, 4.69) is 10.6 Å². The largest absolute Gasteiger partial charge is 0.443 e. The van der Waals surface area contributed by atoms with Crippen molar-refractivity contribution in [2.45, 2.75) is 63.0 Å². The number of benzene rings is 2. The van der Waals surface area contributed by atoms with E-state index in [-0.39, 0.29) is 23.8 Å². The minimum absolute atomic E-state index is 0.0325. The number of nitrogen functional groups attached to an aromatic ring is 1. The summed E-state index contributed by atoms with van der Waals surface area (Å²) in [7, 11) is 0. The number of hydrogen-bond acceptors (Lipinski definition) is 4. The monoisotopic (exact) mass is 488 g/mol. The van der Waals surface area contributed by atoms with Gasteiger partial charge in [-0.05, 0) is 79.9 Å². The molecule has 2 aromatic rings. The summed E-state index contributed by atoms with van der Waals surface area (Å²) in [6.45, 7) is 0.471. The second-order valence-corrected chi connectivity index (χ2v) is 11.0. The fourth-order valence-electron chi connectivity index (χ4n) is 6.93. The van der Waals surface area contributed by atoms with Crippen LogP contribution < -0.4 is 16.4 Å². The molecule has 7 heteroatoms. The van der Waals surface area contributed by atoms with Gasteiger partial charge in [-0.3, -0.25) is 10.2 Å². The first-order chi connectivity index (χ1) is 17.4. The van der Waals surface area contributed by atoms with E-state index < -0.39 is 12.1 Å². The van der Waals surface area contributed by atoms with Crippen molar-refractivity contribution < 1.29 is 14.3 Å². The number of alkyl carbamates (subject to hydrolysis) is 1. The van der Waals surface area contributed by atoms with Crippen LogP contribution in [-0.2, 0) is 22.4 Å². The summed E-state index contributed by atoms with van der Waals surface area (Å²) < 4.78 is 6.12. The summed E-state index contributed by atoms with van der Waals surface area (Å²) in [5, 5.41) is 13.6. The van der Waals surface area contributed by atoms with Crippen LogP contribution in [0.25, 0.3) is 0 Å². The molecule has 1 unspecified atom stereocenters. The van der Waals surface area contributed by atoms with Gasteiger partial charge in [-0.25, -0.2) is 4.79 Å². The van der Waals surface area contributed by atoms with Gasteiger partial charge in [0.05, 0.1) is 0 Å². The third-order valence-electron chi connectivity index (χ3n) is 8.13. The molecule has 4 aliphatic rings. The highest BCUT2D eigenvalue weighted by molar-refractivity contribution is 5.95. The molecular weight excluding hydrogens is 452 g/mol. The first kappa shape index (κ1) is 24.3. The van der Waals surface area contributed by atoms with Gasteiger partial charge in [-0.1, -0.05) is 48.5 Å². The molecule has 0 heterocycles. The molecule has 0 aliphatic heterocycles. The Morgan fingerprint density at radius 3 is 2.25 bits per heavy atom. The van der Waals surface area contributed by atoms with Crippen LogP contribution in [0.5, 0.6) is 0 Å². The van der Waals surface area contributed by atoms with E-state index in [9.17, 15) is 9.59 Å². The Bertz CT molecular complexity index is 1080. The molecule has 5 N–H and O–H groups in total. The third kappa shape index (κ3) is 5.72. The Balaban J connectivity index is 1.25. The lowest BCUT2D eigenvalue weighted by molar-refractivity contribution is -0.131. The number of rotatable bonds is 9. The van der Waals surface area contributed by atoms with E-state index in [0.717, 1.165) is 30.4 Å². The highest BCUT2D eigenvalue weighted by atomic mass is 16.6. The molecule has 0 saturated heterocycles. The lowest BCUT2D eigenvalue weighted by Gasteiger charge is -2.55. The second kappa shape index (κ2) is 10.3. The zero-order valence-corrected chi connectivity index (χ0v) is 20.7. The summed E-state index contributed by atoms with van der Waals surface area (Å²) in [6, 6.07) is 16.4. The maximum Gasteiger partial charge on any atom is 0.408 e. The van der Waals surface area contributed by atoms with Crippen LogP contribution in [0.2, 0.25) is 0 Å². The summed E-state index contributed by atoms with van der Waals surface area (Å²) in [5.74, 6) is 1.71. The van der Waals surface area contributed by atoms with E-state index in [4.69, 9.17) is 15.9 Å². The van der Waals surface area contributed by atoms with Crippen LogP contribution in [0.3, 0.4) is 0 Å². The zero-order valence-electron chi connectivity index (χ0n) is 20.7. The highest BCUT2D eigenvalue weighted by Gasteiger charge is 2.53. The standard InChI is InChI=1S/C29H36N4O3/c30-26(31)24-8-4-7-20(14-24)15-25(27(34)32-10-9-19-5-2-1-3-6-19)33-28(35)36-29-16-21-11-22(17-29)13-23(12-21)18-29/h1-8,14,21-23,25H,9-13,15-18H2,(H3,30,31)(H,32,34)(H,33,35). The number of amidine groups is 1. The van der Waals surface area contributed by atoms with Gasteiger partial charge < -0.3 is 21.1 Å². The Hall–Kier alpha value is -3.35. The van der Waals surface area contributed by atoms with Crippen molar-refractivity contribution >= 4 is 17.8 Å².